The smallest absolute Gasteiger partial charge is 0.223 e. The third-order valence-electron chi connectivity index (χ3n) is 4.52. The first-order valence-electron chi connectivity index (χ1n) is 7.53. The highest BCUT2D eigenvalue weighted by molar-refractivity contribution is 5.78. The number of piperidine rings is 2. The molecule has 1 aliphatic carbocycles. The molecule has 1 saturated carbocycles. The molecule has 5 nitrogen and oxygen atoms in total. The Labute approximate surface area is 114 Å². The van der Waals surface area contributed by atoms with Crippen LogP contribution in [0.4, 0.5) is 0 Å². The van der Waals surface area contributed by atoms with Gasteiger partial charge in [0.25, 0.3) is 0 Å². The molecule has 2 aliphatic heterocycles. The summed E-state index contributed by atoms with van der Waals surface area (Å²) in [5, 5.41) is 6.44. The molecule has 2 unspecified atom stereocenters. The molecule has 2 amide bonds. The largest absolute Gasteiger partial charge is 0.353 e. The zero-order valence-corrected chi connectivity index (χ0v) is 11.4. The Morgan fingerprint density at radius 1 is 1.32 bits per heavy atom. The number of nitrogens with zero attached hydrogens (tertiary/aromatic N) is 1. The number of fused-ring (bicyclic) bond motifs is 1. The summed E-state index contributed by atoms with van der Waals surface area (Å²) < 4.78 is 0. The topological polar surface area (TPSA) is 61.4 Å². The summed E-state index contributed by atoms with van der Waals surface area (Å²) in [6, 6.07) is 0.974. The lowest BCUT2D eigenvalue weighted by molar-refractivity contribution is -0.134. The van der Waals surface area contributed by atoms with E-state index in [0.717, 1.165) is 32.5 Å². The second-order valence-corrected chi connectivity index (χ2v) is 6.08. The minimum Gasteiger partial charge on any atom is -0.353 e. The van der Waals surface area contributed by atoms with Crippen molar-refractivity contribution in [2.45, 2.75) is 50.6 Å². The maximum atomic E-state index is 12.1. The van der Waals surface area contributed by atoms with Crippen molar-refractivity contribution in [3.63, 3.8) is 0 Å². The average molecular weight is 265 g/mol. The zero-order chi connectivity index (χ0) is 13.2. The van der Waals surface area contributed by atoms with E-state index in [2.05, 4.69) is 10.6 Å². The van der Waals surface area contributed by atoms with Crippen molar-refractivity contribution in [3.05, 3.63) is 0 Å². The van der Waals surface area contributed by atoms with Crippen LogP contribution in [0.2, 0.25) is 0 Å². The van der Waals surface area contributed by atoms with E-state index in [4.69, 9.17) is 0 Å². The second kappa shape index (κ2) is 5.49. The van der Waals surface area contributed by atoms with Gasteiger partial charge in [-0.15, -0.1) is 0 Å². The van der Waals surface area contributed by atoms with E-state index in [1.54, 1.807) is 0 Å². The number of carbonyl (C=O) groups is 2. The van der Waals surface area contributed by atoms with Gasteiger partial charge in [-0.25, -0.2) is 0 Å². The molecule has 0 radical (unpaired) electrons. The first kappa shape index (κ1) is 12.9. The summed E-state index contributed by atoms with van der Waals surface area (Å²) in [7, 11) is 0. The summed E-state index contributed by atoms with van der Waals surface area (Å²) in [4.78, 5) is 25.5. The lowest BCUT2D eigenvalue weighted by Crippen LogP contribution is -2.55. The van der Waals surface area contributed by atoms with Crippen LogP contribution in [-0.4, -0.2) is 48.4 Å². The van der Waals surface area contributed by atoms with E-state index in [-0.39, 0.29) is 11.8 Å². The molecule has 0 bridgehead atoms. The molecular formula is C14H23N3O2. The van der Waals surface area contributed by atoms with Gasteiger partial charge in [0, 0.05) is 44.6 Å². The van der Waals surface area contributed by atoms with Crippen LogP contribution in [0.1, 0.15) is 38.5 Å². The molecule has 3 aliphatic rings. The van der Waals surface area contributed by atoms with E-state index in [9.17, 15) is 9.59 Å². The first-order valence-corrected chi connectivity index (χ1v) is 7.53. The molecule has 2 saturated heterocycles. The number of nitrogens with one attached hydrogen (secondary N) is 2. The van der Waals surface area contributed by atoms with Gasteiger partial charge in [0.15, 0.2) is 0 Å². The lowest BCUT2D eigenvalue weighted by Gasteiger charge is -2.41. The molecule has 2 heterocycles. The molecular weight excluding hydrogens is 242 g/mol. The molecule has 0 aromatic rings. The average Bonchev–Trinajstić information content (AvgIpc) is 3.22. The fourth-order valence-corrected chi connectivity index (χ4v) is 3.17. The van der Waals surface area contributed by atoms with Crippen LogP contribution >= 0.6 is 0 Å². The molecule has 0 spiro atoms. The third kappa shape index (κ3) is 3.26. The number of carbonyl (C=O) groups excluding carboxylic acids is 2. The summed E-state index contributed by atoms with van der Waals surface area (Å²) in [6.07, 6.45) is 5.61. The molecule has 3 fully saturated rings. The Bertz CT molecular complexity index is 368. The van der Waals surface area contributed by atoms with Gasteiger partial charge in [-0.3, -0.25) is 9.59 Å². The maximum absolute atomic E-state index is 12.1. The summed E-state index contributed by atoms with van der Waals surface area (Å²) >= 11 is 0. The lowest BCUT2D eigenvalue weighted by atomic mass is 9.85. The number of amides is 2. The normalized spacial score (nSPS) is 30.7. The molecule has 5 heteroatoms. The molecule has 106 valence electrons. The summed E-state index contributed by atoms with van der Waals surface area (Å²) in [5.41, 5.74) is 0. The van der Waals surface area contributed by atoms with E-state index < -0.39 is 0 Å². The van der Waals surface area contributed by atoms with Crippen LogP contribution in [0.3, 0.4) is 0 Å². The van der Waals surface area contributed by atoms with Crippen molar-refractivity contribution >= 4 is 11.8 Å². The van der Waals surface area contributed by atoms with Crippen LogP contribution in [0, 0.1) is 5.92 Å². The minimum absolute atomic E-state index is 0.176. The van der Waals surface area contributed by atoms with Crippen molar-refractivity contribution in [3.8, 4) is 0 Å². The van der Waals surface area contributed by atoms with Crippen molar-refractivity contribution in [2.75, 3.05) is 19.6 Å². The SMILES string of the molecule is O=C1CCC2CN(C(=O)CCNC3CC3)CCC2N1. The summed E-state index contributed by atoms with van der Waals surface area (Å²) in [5.74, 6) is 0.907. The van der Waals surface area contributed by atoms with Gasteiger partial charge >= 0.3 is 0 Å². The Balaban J connectivity index is 1.44. The predicted octanol–water partition coefficient (Wildman–Crippen LogP) is 0.256. The van der Waals surface area contributed by atoms with Crippen molar-refractivity contribution < 1.29 is 9.59 Å². The number of likely N-dealkylation sites (tertiary alicyclic amines) is 1. The van der Waals surface area contributed by atoms with Gasteiger partial charge in [-0.05, 0) is 31.6 Å². The molecule has 3 rings (SSSR count). The third-order valence-corrected chi connectivity index (χ3v) is 4.52. The monoisotopic (exact) mass is 265 g/mol. The van der Waals surface area contributed by atoms with E-state index in [1.807, 2.05) is 4.90 Å². The van der Waals surface area contributed by atoms with E-state index in [0.29, 0.717) is 30.8 Å². The Kier molecular flexibility index (Phi) is 3.73. The maximum Gasteiger partial charge on any atom is 0.223 e. The van der Waals surface area contributed by atoms with Crippen LogP contribution < -0.4 is 10.6 Å². The number of hydrogen-bond donors (Lipinski definition) is 2. The quantitative estimate of drug-likeness (QED) is 0.766. The number of rotatable bonds is 4. The van der Waals surface area contributed by atoms with Crippen LogP contribution in [0.15, 0.2) is 0 Å². The van der Waals surface area contributed by atoms with E-state index >= 15 is 0 Å². The molecule has 19 heavy (non-hydrogen) atoms. The highest BCUT2D eigenvalue weighted by Crippen LogP contribution is 2.25. The predicted molar refractivity (Wildman–Crippen MR) is 71.5 cm³/mol. The van der Waals surface area contributed by atoms with Crippen LogP contribution in [-0.2, 0) is 9.59 Å². The zero-order valence-electron chi connectivity index (χ0n) is 11.4. The second-order valence-electron chi connectivity index (χ2n) is 6.08. The van der Waals surface area contributed by atoms with E-state index in [1.165, 1.54) is 12.8 Å². The highest BCUT2D eigenvalue weighted by Gasteiger charge is 2.35. The van der Waals surface area contributed by atoms with Crippen LogP contribution in [0.25, 0.3) is 0 Å². The van der Waals surface area contributed by atoms with Gasteiger partial charge in [-0.2, -0.15) is 0 Å². The Morgan fingerprint density at radius 3 is 2.95 bits per heavy atom. The number of hydrogen-bond acceptors (Lipinski definition) is 3. The fraction of sp³-hybridized carbons (Fsp3) is 0.857. The van der Waals surface area contributed by atoms with Gasteiger partial charge in [0.2, 0.25) is 11.8 Å². The Hall–Kier alpha value is -1.10. The first-order chi connectivity index (χ1) is 9.22. The van der Waals surface area contributed by atoms with Crippen molar-refractivity contribution in [1.29, 1.82) is 0 Å². The van der Waals surface area contributed by atoms with Gasteiger partial charge < -0.3 is 15.5 Å². The molecule has 0 aromatic heterocycles. The minimum atomic E-state index is 0.176. The molecule has 0 aromatic carbocycles. The van der Waals surface area contributed by atoms with Gasteiger partial charge in [-0.1, -0.05) is 0 Å². The van der Waals surface area contributed by atoms with Gasteiger partial charge in [0.05, 0.1) is 0 Å². The van der Waals surface area contributed by atoms with Crippen molar-refractivity contribution in [2.24, 2.45) is 5.92 Å². The standard InChI is InChI=1S/C14H23N3O2/c18-13-4-1-10-9-17(8-6-12(10)16-13)14(19)5-7-15-11-2-3-11/h10-12,15H,1-9H2,(H,16,18). The molecule has 2 atom stereocenters. The molecule has 2 N–H and O–H groups in total. The van der Waals surface area contributed by atoms with Crippen LogP contribution in [0.5, 0.6) is 0 Å². The van der Waals surface area contributed by atoms with Gasteiger partial charge in [0.1, 0.15) is 0 Å². The summed E-state index contributed by atoms with van der Waals surface area (Å²) in [6.45, 7) is 2.43. The van der Waals surface area contributed by atoms with Crippen molar-refractivity contribution in [1.82, 2.24) is 15.5 Å². The Morgan fingerprint density at radius 2 is 2.16 bits per heavy atom. The highest BCUT2D eigenvalue weighted by atomic mass is 16.2. The fourth-order valence-electron chi connectivity index (χ4n) is 3.17.